The molecule has 1 aromatic heterocycles. The summed E-state index contributed by atoms with van der Waals surface area (Å²) in [7, 11) is 0. The molecule has 7 heteroatoms. The summed E-state index contributed by atoms with van der Waals surface area (Å²) in [5, 5.41) is 14.0. The first-order valence-corrected chi connectivity index (χ1v) is 12.2. The van der Waals surface area contributed by atoms with Crippen LogP contribution in [0.2, 0.25) is 0 Å². The van der Waals surface area contributed by atoms with Gasteiger partial charge in [0.1, 0.15) is 12.4 Å². The number of amides is 1. The van der Waals surface area contributed by atoms with Crippen LogP contribution in [0, 0.1) is 0 Å². The number of hydrogen-bond donors (Lipinski definition) is 1. The van der Waals surface area contributed by atoms with Crippen molar-refractivity contribution < 1.29 is 9.53 Å². The van der Waals surface area contributed by atoms with Crippen LogP contribution in [-0.4, -0.2) is 38.0 Å². The average Bonchev–Trinajstić information content (AvgIpc) is 3.51. The Balaban J connectivity index is 1.17. The third-order valence-electron chi connectivity index (χ3n) is 6.72. The number of tetrazole rings is 1. The van der Waals surface area contributed by atoms with Gasteiger partial charge >= 0.3 is 0 Å². The highest BCUT2D eigenvalue weighted by Crippen LogP contribution is 2.34. The molecular formula is C30H25N5O2. The lowest BCUT2D eigenvalue weighted by Crippen LogP contribution is -2.38. The van der Waals surface area contributed by atoms with Crippen LogP contribution in [0.5, 0.6) is 5.75 Å². The Morgan fingerprint density at radius 3 is 2.54 bits per heavy atom. The molecule has 5 aromatic rings. The van der Waals surface area contributed by atoms with Crippen LogP contribution in [0.4, 0.5) is 0 Å². The average molecular weight is 488 g/mol. The van der Waals surface area contributed by atoms with Crippen molar-refractivity contribution in [2.75, 3.05) is 6.54 Å². The molecule has 0 saturated carbocycles. The van der Waals surface area contributed by atoms with Crippen LogP contribution < -0.4 is 4.74 Å². The lowest BCUT2D eigenvalue weighted by molar-refractivity contribution is 0.0725. The summed E-state index contributed by atoms with van der Waals surface area (Å²) in [5.41, 5.74) is 6.17. The number of aromatic amines is 1. The number of aromatic nitrogens is 4. The molecule has 0 bridgehead atoms. The van der Waals surface area contributed by atoms with Crippen molar-refractivity contribution in [2.24, 2.45) is 0 Å². The Labute approximate surface area is 214 Å². The van der Waals surface area contributed by atoms with E-state index < -0.39 is 0 Å². The maximum atomic E-state index is 13.6. The maximum Gasteiger partial charge on any atom is 0.254 e. The van der Waals surface area contributed by atoms with Crippen LogP contribution in [-0.2, 0) is 13.2 Å². The van der Waals surface area contributed by atoms with Crippen molar-refractivity contribution in [1.29, 1.82) is 0 Å². The molecule has 182 valence electrons. The van der Waals surface area contributed by atoms with Gasteiger partial charge in [-0.15, -0.1) is 10.2 Å². The number of nitrogens with one attached hydrogen (secondary N) is 1. The van der Waals surface area contributed by atoms with Crippen LogP contribution in [0.15, 0.2) is 103 Å². The topological polar surface area (TPSA) is 84.0 Å². The first-order chi connectivity index (χ1) is 18.2. The Kier molecular flexibility index (Phi) is 6.17. The van der Waals surface area contributed by atoms with Crippen LogP contribution in [0.25, 0.3) is 11.4 Å². The van der Waals surface area contributed by atoms with E-state index in [0.717, 1.165) is 16.9 Å². The molecule has 0 aliphatic carbocycles. The Hall–Kier alpha value is -4.78. The minimum Gasteiger partial charge on any atom is -0.489 e. The zero-order valence-electron chi connectivity index (χ0n) is 20.1. The third-order valence-corrected chi connectivity index (χ3v) is 6.72. The number of ether oxygens (including phenoxy) is 1. The summed E-state index contributed by atoms with van der Waals surface area (Å²) >= 11 is 0. The molecule has 0 saturated heterocycles. The number of carbonyl (C=O) groups excluding carboxylic acids is 1. The fraction of sp³-hybridized carbons (Fsp3) is 0.133. The summed E-state index contributed by atoms with van der Waals surface area (Å²) < 4.78 is 5.98. The van der Waals surface area contributed by atoms with E-state index in [1.807, 2.05) is 65.6 Å². The molecule has 1 unspecified atom stereocenters. The molecule has 1 aliphatic rings. The van der Waals surface area contributed by atoms with Crippen molar-refractivity contribution in [1.82, 2.24) is 25.5 Å². The number of H-pyrrole nitrogens is 1. The van der Waals surface area contributed by atoms with Crippen LogP contribution >= 0.6 is 0 Å². The van der Waals surface area contributed by atoms with Gasteiger partial charge in [-0.05, 0) is 63.9 Å². The van der Waals surface area contributed by atoms with Gasteiger partial charge in [-0.2, -0.15) is 5.21 Å². The largest absolute Gasteiger partial charge is 0.489 e. The fourth-order valence-corrected chi connectivity index (χ4v) is 4.86. The van der Waals surface area contributed by atoms with Gasteiger partial charge < -0.3 is 9.64 Å². The van der Waals surface area contributed by atoms with Gasteiger partial charge in [0.25, 0.3) is 5.91 Å². The zero-order valence-corrected chi connectivity index (χ0v) is 20.1. The van der Waals surface area contributed by atoms with Crippen molar-refractivity contribution in [3.8, 4) is 17.1 Å². The van der Waals surface area contributed by atoms with Gasteiger partial charge in [-0.1, -0.05) is 66.7 Å². The van der Waals surface area contributed by atoms with E-state index in [1.54, 1.807) is 0 Å². The van der Waals surface area contributed by atoms with E-state index in [9.17, 15) is 4.79 Å². The van der Waals surface area contributed by atoms with E-state index in [-0.39, 0.29) is 11.8 Å². The molecule has 0 fully saturated rings. The molecule has 1 amide bonds. The van der Waals surface area contributed by atoms with Gasteiger partial charge in [0, 0.05) is 30.1 Å². The Morgan fingerprint density at radius 1 is 0.919 bits per heavy atom. The normalized spacial score (nSPS) is 14.7. The monoisotopic (exact) mass is 487 g/mol. The smallest absolute Gasteiger partial charge is 0.254 e. The minimum absolute atomic E-state index is 0.0294. The van der Waals surface area contributed by atoms with E-state index in [2.05, 4.69) is 63.1 Å². The number of hydrogen-bond acceptors (Lipinski definition) is 5. The summed E-state index contributed by atoms with van der Waals surface area (Å²) in [6.45, 7) is 1.61. The van der Waals surface area contributed by atoms with E-state index in [0.29, 0.717) is 31.1 Å². The van der Waals surface area contributed by atoms with Gasteiger partial charge in [0.15, 0.2) is 0 Å². The number of carbonyl (C=O) groups is 1. The van der Waals surface area contributed by atoms with E-state index in [1.165, 1.54) is 16.7 Å². The zero-order chi connectivity index (χ0) is 25.0. The standard InChI is InChI=1S/C30H25N5O2/c36-30(35-18-25-10-4-5-12-27(25)28(19-35)22-8-2-1-3-9-22)24-11-6-7-21(17-24)20-37-26-15-13-23(14-16-26)29-31-33-34-32-29/h1-17,28H,18-20H2,(H,31,32,33,34). The summed E-state index contributed by atoms with van der Waals surface area (Å²) in [6.07, 6.45) is 0. The second-order valence-corrected chi connectivity index (χ2v) is 9.10. The third kappa shape index (κ3) is 4.84. The van der Waals surface area contributed by atoms with Crippen molar-refractivity contribution in [3.63, 3.8) is 0 Å². The molecule has 0 spiro atoms. The highest BCUT2D eigenvalue weighted by atomic mass is 16.5. The first kappa shape index (κ1) is 22.7. The molecule has 1 aliphatic heterocycles. The molecule has 37 heavy (non-hydrogen) atoms. The number of benzene rings is 4. The lowest BCUT2D eigenvalue weighted by Gasteiger charge is -2.35. The highest BCUT2D eigenvalue weighted by Gasteiger charge is 2.29. The van der Waals surface area contributed by atoms with Crippen LogP contribution in [0.1, 0.15) is 38.5 Å². The van der Waals surface area contributed by atoms with Gasteiger partial charge in [-0.25, -0.2) is 0 Å². The van der Waals surface area contributed by atoms with Crippen LogP contribution in [0.3, 0.4) is 0 Å². The Bertz CT molecular complexity index is 1500. The SMILES string of the molecule is O=C(c1cccc(COc2ccc(-c3nn[nH]n3)cc2)c1)N1Cc2ccccc2C(c2ccccc2)C1. The van der Waals surface area contributed by atoms with E-state index >= 15 is 0 Å². The molecule has 1 N–H and O–H groups in total. The number of rotatable bonds is 6. The summed E-state index contributed by atoms with van der Waals surface area (Å²) in [6, 6.07) is 34.1. The Morgan fingerprint density at radius 2 is 1.73 bits per heavy atom. The van der Waals surface area contributed by atoms with Crippen molar-refractivity contribution in [3.05, 3.63) is 131 Å². The first-order valence-electron chi connectivity index (χ1n) is 12.2. The maximum absolute atomic E-state index is 13.6. The second kappa shape index (κ2) is 10.1. The quantitative estimate of drug-likeness (QED) is 0.354. The summed E-state index contributed by atoms with van der Waals surface area (Å²) in [4.78, 5) is 15.6. The molecular weight excluding hydrogens is 462 g/mol. The second-order valence-electron chi connectivity index (χ2n) is 9.10. The fourth-order valence-electron chi connectivity index (χ4n) is 4.86. The highest BCUT2D eigenvalue weighted by molar-refractivity contribution is 5.94. The molecule has 7 nitrogen and oxygen atoms in total. The van der Waals surface area contributed by atoms with Gasteiger partial charge in [-0.3, -0.25) is 4.79 Å². The van der Waals surface area contributed by atoms with E-state index in [4.69, 9.17) is 4.74 Å². The minimum atomic E-state index is 0.0294. The number of nitrogens with zero attached hydrogens (tertiary/aromatic N) is 4. The number of fused-ring (bicyclic) bond motifs is 1. The van der Waals surface area contributed by atoms with Gasteiger partial charge in [0.05, 0.1) is 0 Å². The molecule has 0 radical (unpaired) electrons. The lowest BCUT2D eigenvalue weighted by atomic mass is 9.84. The predicted molar refractivity (Wildman–Crippen MR) is 140 cm³/mol. The van der Waals surface area contributed by atoms with Crippen molar-refractivity contribution >= 4 is 5.91 Å². The van der Waals surface area contributed by atoms with Gasteiger partial charge in [0.2, 0.25) is 5.82 Å². The summed E-state index contributed by atoms with van der Waals surface area (Å²) in [5.74, 6) is 1.44. The molecule has 2 heterocycles. The predicted octanol–water partition coefficient (Wildman–Crippen LogP) is 5.23. The van der Waals surface area contributed by atoms with Crippen molar-refractivity contribution in [2.45, 2.75) is 19.1 Å². The molecule has 6 rings (SSSR count). The molecule has 1 atom stereocenters. The molecule has 4 aromatic carbocycles.